The molecule has 0 spiro atoms. The van der Waals surface area contributed by atoms with Crippen molar-refractivity contribution in [1.82, 2.24) is 20.1 Å². The molecule has 0 bridgehead atoms. The molecule has 0 aliphatic carbocycles. The summed E-state index contributed by atoms with van der Waals surface area (Å²) in [6.45, 7) is 4.95. The zero-order valence-corrected chi connectivity index (χ0v) is 11.5. The minimum absolute atomic E-state index is 0.126. The normalized spacial score (nSPS) is 10.7. The van der Waals surface area contributed by atoms with Crippen molar-refractivity contribution >= 4 is 11.6 Å². The van der Waals surface area contributed by atoms with E-state index in [4.69, 9.17) is 16.9 Å². The van der Waals surface area contributed by atoms with Crippen LogP contribution in [0.25, 0.3) is 5.69 Å². The molecule has 0 amide bonds. The largest absolute Gasteiger partial charge is 0.310 e. The van der Waals surface area contributed by atoms with Crippen LogP contribution in [0, 0.1) is 11.3 Å². The topological polar surface area (TPSA) is 66.5 Å². The minimum Gasteiger partial charge on any atom is -0.310 e. The molecular weight excluding hydrogens is 262 g/mol. The van der Waals surface area contributed by atoms with Gasteiger partial charge in [0.2, 0.25) is 0 Å². The fourth-order valence-corrected chi connectivity index (χ4v) is 1.89. The van der Waals surface area contributed by atoms with Crippen LogP contribution < -0.4 is 5.32 Å². The van der Waals surface area contributed by atoms with E-state index < -0.39 is 0 Å². The van der Waals surface area contributed by atoms with Crippen molar-refractivity contribution in [3.63, 3.8) is 0 Å². The molecular formula is C13H14ClN5. The Hall–Kier alpha value is -1.90. The van der Waals surface area contributed by atoms with Crippen LogP contribution in [0.15, 0.2) is 24.5 Å². The molecule has 0 atom stereocenters. The molecule has 98 valence electrons. The Morgan fingerprint density at radius 2 is 2.26 bits per heavy atom. The Kier molecular flexibility index (Phi) is 4.15. The van der Waals surface area contributed by atoms with Crippen molar-refractivity contribution in [2.24, 2.45) is 0 Å². The lowest BCUT2D eigenvalue weighted by Gasteiger charge is -2.10. The predicted octanol–water partition coefficient (Wildman–Crippen LogP) is 2.29. The van der Waals surface area contributed by atoms with Crippen LogP contribution in [0.5, 0.6) is 0 Å². The summed E-state index contributed by atoms with van der Waals surface area (Å²) in [5.74, 6) is 0.126. The maximum absolute atomic E-state index is 8.70. The van der Waals surface area contributed by atoms with E-state index in [0.29, 0.717) is 16.8 Å². The summed E-state index contributed by atoms with van der Waals surface area (Å²) in [6.07, 6.45) is 1.48. The number of hydrogen-bond acceptors (Lipinski definition) is 4. The van der Waals surface area contributed by atoms with Crippen molar-refractivity contribution in [2.75, 3.05) is 0 Å². The maximum atomic E-state index is 8.70. The second-order valence-electron chi connectivity index (χ2n) is 4.45. The highest BCUT2D eigenvalue weighted by Crippen LogP contribution is 2.21. The molecule has 1 aromatic carbocycles. The molecule has 0 saturated heterocycles. The summed E-state index contributed by atoms with van der Waals surface area (Å²) in [7, 11) is 0. The molecule has 5 nitrogen and oxygen atoms in total. The lowest BCUT2D eigenvalue weighted by atomic mass is 10.2. The Morgan fingerprint density at radius 3 is 2.84 bits per heavy atom. The summed E-state index contributed by atoms with van der Waals surface area (Å²) < 4.78 is 1.50. The molecule has 1 heterocycles. The van der Waals surface area contributed by atoms with Gasteiger partial charge in [0.1, 0.15) is 12.4 Å². The van der Waals surface area contributed by atoms with Crippen LogP contribution in [0.4, 0.5) is 0 Å². The van der Waals surface area contributed by atoms with Gasteiger partial charge in [-0.3, -0.25) is 0 Å². The average Bonchev–Trinajstić information content (AvgIpc) is 2.85. The van der Waals surface area contributed by atoms with Crippen molar-refractivity contribution in [3.05, 3.63) is 40.9 Å². The molecule has 19 heavy (non-hydrogen) atoms. The molecule has 1 N–H and O–H groups in total. The van der Waals surface area contributed by atoms with Crippen LogP contribution in [-0.2, 0) is 6.54 Å². The molecule has 0 saturated carbocycles. The molecule has 0 aliphatic rings. The number of halogens is 1. The second-order valence-corrected chi connectivity index (χ2v) is 4.85. The molecule has 2 aromatic rings. The van der Waals surface area contributed by atoms with Crippen LogP contribution in [0.2, 0.25) is 5.02 Å². The van der Waals surface area contributed by atoms with Gasteiger partial charge in [0, 0.05) is 12.6 Å². The van der Waals surface area contributed by atoms with E-state index in [-0.39, 0.29) is 5.82 Å². The Balaban J connectivity index is 2.22. The van der Waals surface area contributed by atoms with Crippen LogP contribution in [0.3, 0.4) is 0 Å². The van der Waals surface area contributed by atoms with Gasteiger partial charge in [-0.2, -0.15) is 5.26 Å². The third-order valence-corrected chi connectivity index (χ3v) is 2.87. The lowest BCUT2D eigenvalue weighted by molar-refractivity contribution is 0.589. The summed E-state index contributed by atoms with van der Waals surface area (Å²) in [5, 5.41) is 16.6. The van der Waals surface area contributed by atoms with Gasteiger partial charge in [0.15, 0.2) is 0 Å². The summed E-state index contributed by atoms with van der Waals surface area (Å²) in [4.78, 5) is 3.85. The second kappa shape index (κ2) is 5.83. The maximum Gasteiger partial charge on any atom is 0.252 e. The van der Waals surface area contributed by atoms with Gasteiger partial charge in [0.05, 0.1) is 10.7 Å². The summed E-state index contributed by atoms with van der Waals surface area (Å²) in [6, 6.07) is 8.04. The molecule has 1 aromatic heterocycles. The summed E-state index contributed by atoms with van der Waals surface area (Å²) in [5.41, 5.74) is 1.81. The molecule has 0 radical (unpaired) electrons. The standard InChI is InChI=1S/C13H14ClN5/c1-9(2)16-7-10-3-4-12(11(14)5-10)19-8-17-13(6-15)18-19/h3-5,8-9,16H,7H2,1-2H3. The van der Waals surface area contributed by atoms with Crippen molar-refractivity contribution in [2.45, 2.75) is 26.4 Å². The number of aromatic nitrogens is 3. The highest BCUT2D eigenvalue weighted by Gasteiger charge is 2.07. The molecule has 0 fully saturated rings. The Labute approximate surface area is 116 Å². The predicted molar refractivity (Wildman–Crippen MR) is 73.1 cm³/mol. The fourth-order valence-electron chi connectivity index (χ4n) is 1.60. The first-order valence-corrected chi connectivity index (χ1v) is 6.32. The first-order chi connectivity index (χ1) is 9.10. The van der Waals surface area contributed by atoms with Crippen LogP contribution >= 0.6 is 11.6 Å². The third kappa shape index (κ3) is 3.31. The number of nitrogens with zero attached hydrogens (tertiary/aromatic N) is 4. The van der Waals surface area contributed by atoms with Crippen molar-refractivity contribution < 1.29 is 0 Å². The van der Waals surface area contributed by atoms with Gasteiger partial charge in [0.25, 0.3) is 5.82 Å². The quantitative estimate of drug-likeness (QED) is 0.930. The van der Waals surface area contributed by atoms with E-state index in [1.807, 2.05) is 24.3 Å². The van der Waals surface area contributed by atoms with Gasteiger partial charge in [-0.1, -0.05) is 31.5 Å². The summed E-state index contributed by atoms with van der Waals surface area (Å²) >= 11 is 6.23. The van der Waals surface area contributed by atoms with Gasteiger partial charge in [-0.25, -0.2) is 9.67 Å². The Bertz CT molecular complexity index is 612. The smallest absolute Gasteiger partial charge is 0.252 e. The fraction of sp³-hybridized carbons (Fsp3) is 0.308. The van der Waals surface area contributed by atoms with Crippen LogP contribution in [-0.4, -0.2) is 20.8 Å². The molecule has 6 heteroatoms. The van der Waals surface area contributed by atoms with E-state index in [0.717, 1.165) is 12.1 Å². The van der Waals surface area contributed by atoms with Gasteiger partial charge in [-0.15, -0.1) is 5.10 Å². The molecule has 2 rings (SSSR count). The lowest BCUT2D eigenvalue weighted by Crippen LogP contribution is -2.21. The monoisotopic (exact) mass is 275 g/mol. The van der Waals surface area contributed by atoms with E-state index in [1.54, 1.807) is 0 Å². The first-order valence-electron chi connectivity index (χ1n) is 5.94. The first kappa shape index (κ1) is 13.5. The Morgan fingerprint density at radius 1 is 1.47 bits per heavy atom. The van der Waals surface area contributed by atoms with Gasteiger partial charge in [-0.05, 0) is 17.7 Å². The van der Waals surface area contributed by atoms with E-state index >= 15 is 0 Å². The number of hydrogen-bond donors (Lipinski definition) is 1. The SMILES string of the molecule is CC(C)NCc1ccc(-n2cnc(C#N)n2)c(Cl)c1. The molecule has 0 aliphatic heterocycles. The van der Waals surface area contributed by atoms with Crippen molar-refractivity contribution in [3.8, 4) is 11.8 Å². The zero-order chi connectivity index (χ0) is 13.8. The number of rotatable bonds is 4. The number of nitrogens with one attached hydrogen (secondary N) is 1. The van der Waals surface area contributed by atoms with E-state index in [2.05, 4.69) is 29.2 Å². The zero-order valence-electron chi connectivity index (χ0n) is 10.8. The van der Waals surface area contributed by atoms with Gasteiger partial charge >= 0.3 is 0 Å². The minimum atomic E-state index is 0.126. The van der Waals surface area contributed by atoms with E-state index in [1.165, 1.54) is 11.0 Å². The third-order valence-electron chi connectivity index (χ3n) is 2.57. The average molecular weight is 276 g/mol. The van der Waals surface area contributed by atoms with E-state index in [9.17, 15) is 0 Å². The van der Waals surface area contributed by atoms with Gasteiger partial charge < -0.3 is 5.32 Å². The number of nitriles is 1. The number of benzene rings is 1. The molecule has 0 unspecified atom stereocenters. The van der Waals surface area contributed by atoms with Crippen LogP contribution in [0.1, 0.15) is 25.2 Å². The van der Waals surface area contributed by atoms with Crippen molar-refractivity contribution in [1.29, 1.82) is 5.26 Å². The highest BCUT2D eigenvalue weighted by molar-refractivity contribution is 6.32. The highest BCUT2D eigenvalue weighted by atomic mass is 35.5.